The molecule has 0 aliphatic carbocycles. The lowest BCUT2D eigenvalue weighted by molar-refractivity contribution is -0.135. The molecule has 0 unspecified atom stereocenters. The fraction of sp³-hybridized carbons (Fsp3) is 0.423. The molecule has 32 heavy (non-hydrogen) atoms. The van der Waals surface area contributed by atoms with Crippen LogP contribution in [0.3, 0.4) is 0 Å². The Balaban J connectivity index is 1.18. The number of nitrogens with zero attached hydrogens (tertiary/aromatic N) is 3. The van der Waals surface area contributed by atoms with Crippen molar-refractivity contribution in [2.24, 2.45) is 0 Å². The Morgan fingerprint density at radius 3 is 2.22 bits per heavy atom. The molecule has 2 saturated heterocycles. The van der Waals surface area contributed by atoms with E-state index in [-0.39, 0.29) is 11.7 Å². The summed E-state index contributed by atoms with van der Waals surface area (Å²) in [5, 5.41) is 11.0. The van der Waals surface area contributed by atoms with Crippen molar-refractivity contribution in [3.05, 3.63) is 77.6 Å². The largest absolute Gasteiger partial charge is 0.385 e. The minimum atomic E-state index is -0.938. The number of hydrogen-bond donors (Lipinski definition) is 1. The molecule has 2 aliphatic heterocycles. The zero-order valence-corrected chi connectivity index (χ0v) is 18.5. The van der Waals surface area contributed by atoms with Gasteiger partial charge in [-0.3, -0.25) is 14.6 Å². The summed E-state index contributed by atoms with van der Waals surface area (Å²) < 4.78 is 13.2. The molecule has 2 aliphatic rings. The van der Waals surface area contributed by atoms with Crippen LogP contribution in [0.1, 0.15) is 24.0 Å². The van der Waals surface area contributed by atoms with Gasteiger partial charge in [-0.1, -0.05) is 54.6 Å². The lowest BCUT2D eigenvalue weighted by Gasteiger charge is -2.40. The van der Waals surface area contributed by atoms with Gasteiger partial charge in [-0.25, -0.2) is 4.39 Å². The predicted molar refractivity (Wildman–Crippen MR) is 124 cm³/mol. The van der Waals surface area contributed by atoms with Crippen molar-refractivity contribution in [3.8, 4) is 0 Å². The number of benzene rings is 2. The fourth-order valence-electron chi connectivity index (χ4n) is 4.50. The van der Waals surface area contributed by atoms with E-state index in [0.717, 1.165) is 38.3 Å². The Kier molecular flexibility index (Phi) is 7.35. The van der Waals surface area contributed by atoms with E-state index in [1.807, 2.05) is 23.1 Å². The minimum Gasteiger partial charge on any atom is -0.385 e. The van der Waals surface area contributed by atoms with Crippen LogP contribution in [0.4, 0.5) is 4.39 Å². The van der Waals surface area contributed by atoms with Crippen LogP contribution in [-0.2, 0) is 10.4 Å². The molecule has 1 N–H and O–H groups in total. The molecule has 0 atom stereocenters. The smallest absolute Gasteiger partial charge is 0.236 e. The van der Waals surface area contributed by atoms with Gasteiger partial charge in [0.25, 0.3) is 0 Å². The summed E-state index contributed by atoms with van der Waals surface area (Å²) in [4.78, 5) is 19.2. The third kappa shape index (κ3) is 5.82. The third-order valence-electron chi connectivity index (χ3n) is 6.62. The maximum Gasteiger partial charge on any atom is 0.236 e. The Labute approximate surface area is 189 Å². The van der Waals surface area contributed by atoms with Gasteiger partial charge in [-0.2, -0.15) is 0 Å². The zero-order chi connectivity index (χ0) is 22.4. The van der Waals surface area contributed by atoms with E-state index in [4.69, 9.17) is 0 Å². The van der Waals surface area contributed by atoms with Gasteiger partial charge in [0.05, 0.1) is 12.1 Å². The van der Waals surface area contributed by atoms with Gasteiger partial charge in [0.1, 0.15) is 5.82 Å². The Morgan fingerprint density at radius 1 is 0.906 bits per heavy atom. The summed E-state index contributed by atoms with van der Waals surface area (Å²) in [5.74, 6) is -0.135. The van der Waals surface area contributed by atoms with Gasteiger partial charge in [0.2, 0.25) is 5.91 Å². The summed E-state index contributed by atoms with van der Waals surface area (Å²) in [6.45, 7) is 5.88. The van der Waals surface area contributed by atoms with E-state index in [1.165, 1.54) is 17.7 Å². The van der Waals surface area contributed by atoms with Crippen LogP contribution in [0, 0.1) is 5.82 Å². The number of halogens is 1. The highest BCUT2D eigenvalue weighted by atomic mass is 19.1. The number of likely N-dealkylation sites (tertiary alicyclic amines) is 1. The second-order valence-corrected chi connectivity index (χ2v) is 8.81. The van der Waals surface area contributed by atoms with Crippen LogP contribution in [0.2, 0.25) is 0 Å². The Morgan fingerprint density at radius 2 is 1.56 bits per heavy atom. The van der Waals surface area contributed by atoms with E-state index in [2.05, 4.69) is 34.1 Å². The molecule has 5 nitrogen and oxygen atoms in total. The average molecular weight is 438 g/mol. The number of rotatable bonds is 6. The van der Waals surface area contributed by atoms with Gasteiger partial charge >= 0.3 is 0 Å². The predicted octanol–water partition coefficient (Wildman–Crippen LogP) is 2.97. The van der Waals surface area contributed by atoms with Crippen LogP contribution in [-0.4, -0.2) is 78.1 Å². The number of piperidine rings is 1. The van der Waals surface area contributed by atoms with Crippen LogP contribution in [0.5, 0.6) is 0 Å². The van der Waals surface area contributed by atoms with Crippen LogP contribution in [0.15, 0.2) is 60.7 Å². The second kappa shape index (κ2) is 10.4. The van der Waals surface area contributed by atoms with E-state index >= 15 is 0 Å². The molecule has 1 amide bonds. The zero-order valence-electron chi connectivity index (χ0n) is 18.5. The molecule has 6 heteroatoms. The summed E-state index contributed by atoms with van der Waals surface area (Å²) in [5.41, 5.74) is 1.02. The van der Waals surface area contributed by atoms with Crippen molar-refractivity contribution in [2.45, 2.75) is 18.4 Å². The molecule has 2 aromatic carbocycles. The van der Waals surface area contributed by atoms with Gasteiger partial charge in [0, 0.05) is 45.8 Å². The number of amides is 1. The number of hydrogen-bond acceptors (Lipinski definition) is 4. The fourth-order valence-corrected chi connectivity index (χ4v) is 4.50. The molecule has 0 radical (unpaired) electrons. The monoisotopic (exact) mass is 437 g/mol. The summed E-state index contributed by atoms with van der Waals surface area (Å²) in [7, 11) is 0. The van der Waals surface area contributed by atoms with Gasteiger partial charge < -0.3 is 10.0 Å². The first-order valence-corrected chi connectivity index (χ1v) is 11.4. The lowest BCUT2D eigenvalue weighted by Crippen LogP contribution is -2.52. The number of aliphatic hydroxyl groups is 1. The first kappa shape index (κ1) is 22.6. The third-order valence-corrected chi connectivity index (χ3v) is 6.62. The van der Waals surface area contributed by atoms with Crippen molar-refractivity contribution >= 4 is 12.0 Å². The van der Waals surface area contributed by atoms with Gasteiger partial charge in [0.15, 0.2) is 0 Å². The van der Waals surface area contributed by atoms with E-state index in [1.54, 1.807) is 12.1 Å². The van der Waals surface area contributed by atoms with Gasteiger partial charge in [-0.05, 0) is 36.1 Å². The van der Waals surface area contributed by atoms with Crippen LogP contribution < -0.4 is 0 Å². The minimum absolute atomic E-state index is 0.164. The lowest BCUT2D eigenvalue weighted by atomic mass is 9.84. The van der Waals surface area contributed by atoms with Crippen molar-refractivity contribution in [1.82, 2.24) is 14.7 Å². The standard InChI is InChI=1S/C26H32FN3O2/c27-24-10-8-23(9-11-24)26(32)12-15-29(16-13-26)21-25(31)30-19-17-28(18-20-30)14-4-7-22-5-2-1-3-6-22/h1-11,32H,12-21H2/b7-4+. The van der Waals surface area contributed by atoms with Crippen molar-refractivity contribution in [3.63, 3.8) is 0 Å². The first-order chi connectivity index (χ1) is 15.5. The van der Waals surface area contributed by atoms with Crippen LogP contribution >= 0.6 is 0 Å². The highest BCUT2D eigenvalue weighted by molar-refractivity contribution is 5.78. The van der Waals surface area contributed by atoms with Crippen molar-refractivity contribution < 1.29 is 14.3 Å². The van der Waals surface area contributed by atoms with E-state index < -0.39 is 5.60 Å². The molecule has 0 spiro atoms. The SMILES string of the molecule is O=C(CN1CCC(O)(c2ccc(F)cc2)CC1)N1CCN(C/C=C/c2ccccc2)CC1. The molecule has 2 heterocycles. The number of carbonyl (C=O) groups is 1. The summed E-state index contributed by atoms with van der Waals surface area (Å²) in [6, 6.07) is 16.4. The molecule has 2 fully saturated rings. The molecule has 2 aromatic rings. The van der Waals surface area contributed by atoms with Crippen LogP contribution in [0.25, 0.3) is 6.08 Å². The molecule has 0 bridgehead atoms. The normalized spacial score (nSPS) is 20.0. The molecular weight excluding hydrogens is 405 g/mol. The quantitative estimate of drug-likeness (QED) is 0.755. The average Bonchev–Trinajstić information content (AvgIpc) is 2.82. The number of carbonyl (C=O) groups excluding carboxylic acids is 1. The van der Waals surface area contributed by atoms with Crippen molar-refractivity contribution in [1.29, 1.82) is 0 Å². The second-order valence-electron chi connectivity index (χ2n) is 8.81. The highest BCUT2D eigenvalue weighted by Gasteiger charge is 2.35. The molecule has 0 saturated carbocycles. The molecule has 4 rings (SSSR count). The topological polar surface area (TPSA) is 47.0 Å². The highest BCUT2D eigenvalue weighted by Crippen LogP contribution is 2.32. The summed E-state index contributed by atoms with van der Waals surface area (Å²) >= 11 is 0. The van der Waals surface area contributed by atoms with Crippen molar-refractivity contribution in [2.75, 3.05) is 52.4 Å². The molecule has 0 aromatic heterocycles. The Hall–Kier alpha value is -2.54. The molecular formula is C26H32FN3O2. The maximum atomic E-state index is 13.2. The summed E-state index contributed by atoms with van der Waals surface area (Å²) in [6.07, 6.45) is 5.42. The number of piperazine rings is 1. The Bertz CT molecular complexity index is 900. The van der Waals surface area contributed by atoms with E-state index in [9.17, 15) is 14.3 Å². The molecule has 170 valence electrons. The first-order valence-electron chi connectivity index (χ1n) is 11.4. The van der Waals surface area contributed by atoms with Gasteiger partial charge in [-0.15, -0.1) is 0 Å². The maximum absolute atomic E-state index is 13.2. The van der Waals surface area contributed by atoms with E-state index in [0.29, 0.717) is 32.5 Å².